The van der Waals surface area contributed by atoms with Crippen LogP contribution in [0.5, 0.6) is 0 Å². The molecule has 0 radical (unpaired) electrons. The van der Waals surface area contributed by atoms with Crippen LogP contribution in [0.2, 0.25) is 0 Å². The highest BCUT2D eigenvalue weighted by Gasteiger charge is 2.07. The maximum absolute atomic E-state index is 5.58. The highest BCUT2D eigenvalue weighted by atomic mass is 15.3. The third kappa shape index (κ3) is 1.13. The number of anilines is 1. The highest BCUT2D eigenvalue weighted by molar-refractivity contribution is 5.53. The van der Waals surface area contributed by atoms with Crippen molar-refractivity contribution in [2.24, 2.45) is 0 Å². The van der Waals surface area contributed by atoms with Crippen LogP contribution in [0.4, 0.5) is 5.69 Å². The van der Waals surface area contributed by atoms with Gasteiger partial charge in [-0.25, -0.2) is 9.67 Å². The van der Waals surface area contributed by atoms with Gasteiger partial charge >= 0.3 is 0 Å². The largest absolute Gasteiger partial charge is 0.396 e. The fourth-order valence-electron chi connectivity index (χ4n) is 1.36. The summed E-state index contributed by atoms with van der Waals surface area (Å²) >= 11 is 0. The van der Waals surface area contributed by atoms with Gasteiger partial charge in [0.25, 0.3) is 0 Å². The predicted octanol–water partition coefficient (Wildman–Crippen LogP) is -0.108. The molecule has 0 atom stereocenters. The van der Waals surface area contributed by atoms with Gasteiger partial charge in [0, 0.05) is 12.4 Å². The van der Waals surface area contributed by atoms with Crippen molar-refractivity contribution < 1.29 is 0 Å². The third-order valence-corrected chi connectivity index (χ3v) is 2.02. The zero-order chi connectivity index (χ0) is 10.3. The average molecular weight is 201 g/mol. The SMILES string of the molecule is Nc1cnn(-c2nccn3cnnc23)c1. The van der Waals surface area contributed by atoms with Gasteiger partial charge < -0.3 is 5.73 Å². The Morgan fingerprint density at radius 3 is 3.07 bits per heavy atom. The molecule has 3 heterocycles. The normalized spacial score (nSPS) is 10.9. The number of nitrogen functional groups attached to an aromatic ring is 1. The van der Waals surface area contributed by atoms with Crippen LogP contribution in [0.15, 0.2) is 31.1 Å². The molecular weight excluding hydrogens is 194 g/mol. The summed E-state index contributed by atoms with van der Waals surface area (Å²) in [6.07, 6.45) is 8.27. The molecule has 0 aliphatic rings. The minimum atomic E-state index is 0.582. The number of nitrogens with two attached hydrogens (primary N) is 1. The monoisotopic (exact) mass is 201 g/mol. The lowest BCUT2D eigenvalue weighted by Crippen LogP contribution is -2.01. The van der Waals surface area contributed by atoms with Gasteiger partial charge in [0.1, 0.15) is 6.33 Å². The van der Waals surface area contributed by atoms with Crippen molar-refractivity contribution in [2.75, 3.05) is 5.73 Å². The molecule has 0 spiro atoms. The minimum absolute atomic E-state index is 0.582. The quantitative estimate of drug-likeness (QED) is 0.593. The Labute approximate surface area is 84.2 Å². The Balaban J connectivity index is 2.30. The lowest BCUT2D eigenvalue weighted by atomic mass is 10.6. The van der Waals surface area contributed by atoms with Crippen LogP contribution in [-0.2, 0) is 0 Å². The van der Waals surface area contributed by atoms with E-state index in [-0.39, 0.29) is 0 Å². The number of hydrogen-bond donors (Lipinski definition) is 1. The molecule has 0 amide bonds. The predicted molar refractivity (Wildman–Crippen MR) is 52.3 cm³/mol. The van der Waals surface area contributed by atoms with E-state index < -0.39 is 0 Å². The summed E-state index contributed by atoms with van der Waals surface area (Å²) in [5, 5.41) is 11.8. The van der Waals surface area contributed by atoms with E-state index in [1.807, 2.05) is 0 Å². The van der Waals surface area contributed by atoms with Crippen molar-refractivity contribution in [3.63, 3.8) is 0 Å². The summed E-state index contributed by atoms with van der Waals surface area (Å²) in [7, 11) is 0. The lowest BCUT2D eigenvalue weighted by molar-refractivity contribution is 0.841. The van der Waals surface area contributed by atoms with Crippen LogP contribution in [0.25, 0.3) is 11.5 Å². The van der Waals surface area contributed by atoms with Crippen molar-refractivity contribution >= 4 is 11.3 Å². The smallest absolute Gasteiger partial charge is 0.205 e. The zero-order valence-electron chi connectivity index (χ0n) is 7.65. The molecule has 3 rings (SSSR count). The second-order valence-corrected chi connectivity index (χ2v) is 3.03. The molecule has 3 aromatic heterocycles. The number of hydrogen-bond acceptors (Lipinski definition) is 5. The Morgan fingerprint density at radius 1 is 1.33 bits per heavy atom. The molecule has 0 unspecified atom stereocenters. The summed E-state index contributed by atoms with van der Waals surface area (Å²) in [6, 6.07) is 0. The molecule has 0 bridgehead atoms. The maximum Gasteiger partial charge on any atom is 0.205 e. The van der Waals surface area contributed by atoms with Gasteiger partial charge in [-0.3, -0.25) is 4.40 Å². The van der Waals surface area contributed by atoms with E-state index in [9.17, 15) is 0 Å². The lowest BCUT2D eigenvalue weighted by Gasteiger charge is -2.00. The minimum Gasteiger partial charge on any atom is -0.396 e. The Bertz CT molecular complexity index is 608. The molecule has 0 aliphatic carbocycles. The fourth-order valence-corrected chi connectivity index (χ4v) is 1.36. The van der Waals surface area contributed by atoms with Gasteiger partial charge in [-0.2, -0.15) is 5.10 Å². The highest BCUT2D eigenvalue weighted by Crippen LogP contribution is 2.10. The van der Waals surface area contributed by atoms with Gasteiger partial charge in [-0.15, -0.1) is 10.2 Å². The molecule has 15 heavy (non-hydrogen) atoms. The van der Waals surface area contributed by atoms with Crippen molar-refractivity contribution in [1.29, 1.82) is 0 Å². The first-order valence-corrected chi connectivity index (χ1v) is 4.29. The summed E-state index contributed by atoms with van der Waals surface area (Å²) in [6.45, 7) is 0. The molecule has 0 fully saturated rings. The molecule has 0 saturated heterocycles. The maximum atomic E-state index is 5.58. The molecule has 0 aliphatic heterocycles. The summed E-state index contributed by atoms with van der Waals surface area (Å²) in [5.74, 6) is 0.603. The Hall–Kier alpha value is -2.44. The number of fused-ring (bicyclic) bond motifs is 1. The first-order chi connectivity index (χ1) is 7.34. The number of aromatic nitrogens is 6. The second-order valence-electron chi connectivity index (χ2n) is 3.03. The van der Waals surface area contributed by atoms with Crippen LogP contribution in [-0.4, -0.2) is 29.4 Å². The molecule has 7 heteroatoms. The van der Waals surface area contributed by atoms with Crippen molar-refractivity contribution in [1.82, 2.24) is 29.4 Å². The van der Waals surface area contributed by atoms with Gasteiger partial charge in [0.2, 0.25) is 5.65 Å². The van der Waals surface area contributed by atoms with E-state index in [0.717, 1.165) is 0 Å². The van der Waals surface area contributed by atoms with Crippen LogP contribution in [0.1, 0.15) is 0 Å². The summed E-state index contributed by atoms with van der Waals surface area (Å²) in [4.78, 5) is 4.18. The van der Waals surface area contributed by atoms with Gasteiger partial charge in [-0.1, -0.05) is 0 Å². The first kappa shape index (κ1) is 7.92. The average Bonchev–Trinajstić information content (AvgIpc) is 2.84. The van der Waals surface area contributed by atoms with E-state index >= 15 is 0 Å². The van der Waals surface area contributed by atoms with Gasteiger partial charge in [0.05, 0.1) is 18.1 Å². The first-order valence-electron chi connectivity index (χ1n) is 4.29. The molecule has 0 aromatic carbocycles. The van der Waals surface area contributed by atoms with E-state index in [2.05, 4.69) is 20.3 Å². The van der Waals surface area contributed by atoms with Gasteiger partial charge in [0.15, 0.2) is 5.82 Å². The van der Waals surface area contributed by atoms with Crippen LogP contribution in [0.3, 0.4) is 0 Å². The summed E-state index contributed by atoms with van der Waals surface area (Å²) in [5.41, 5.74) is 6.80. The topological polar surface area (TPSA) is 86.9 Å². The van der Waals surface area contributed by atoms with E-state index in [4.69, 9.17) is 5.73 Å². The van der Waals surface area contributed by atoms with Crippen LogP contribution < -0.4 is 5.73 Å². The Morgan fingerprint density at radius 2 is 2.27 bits per heavy atom. The Kier molecular flexibility index (Phi) is 1.46. The second kappa shape index (κ2) is 2.77. The van der Waals surface area contributed by atoms with Crippen molar-refractivity contribution in [3.8, 4) is 5.82 Å². The fraction of sp³-hybridized carbons (Fsp3) is 0. The van der Waals surface area contributed by atoms with Crippen molar-refractivity contribution in [3.05, 3.63) is 31.1 Å². The molecule has 74 valence electrons. The molecule has 0 saturated carbocycles. The summed E-state index contributed by atoms with van der Waals surface area (Å²) < 4.78 is 3.33. The number of nitrogens with zero attached hydrogens (tertiary/aromatic N) is 6. The standard InChI is InChI=1S/C8H7N7/c9-6-3-12-15(4-6)7-8-13-11-5-14(8)2-1-10-7/h1-5H,9H2. The van der Waals surface area contributed by atoms with E-state index in [1.54, 1.807) is 40.2 Å². The molecule has 2 N–H and O–H groups in total. The molecule has 3 aromatic rings. The van der Waals surface area contributed by atoms with E-state index in [1.165, 1.54) is 0 Å². The van der Waals surface area contributed by atoms with Crippen molar-refractivity contribution in [2.45, 2.75) is 0 Å². The van der Waals surface area contributed by atoms with Crippen LogP contribution in [0, 0.1) is 0 Å². The molecule has 7 nitrogen and oxygen atoms in total. The number of rotatable bonds is 1. The third-order valence-electron chi connectivity index (χ3n) is 2.02. The molecular formula is C8H7N7. The zero-order valence-corrected chi connectivity index (χ0v) is 7.65. The van der Waals surface area contributed by atoms with E-state index in [0.29, 0.717) is 17.2 Å². The van der Waals surface area contributed by atoms with Crippen LogP contribution >= 0.6 is 0 Å². The van der Waals surface area contributed by atoms with Gasteiger partial charge in [-0.05, 0) is 0 Å².